The SMILES string of the molecule is CC(C)CN1CCN(C(C)c2nc(-c3ccccc3)no2)CC1. The van der Waals surface area contributed by atoms with Crippen LogP contribution in [0.15, 0.2) is 34.9 Å². The second-order valence-corrected chi connectivity index (χ2v) is 6.73. The van der Waals surface area contributed by atoms with Crippen LogP contribution in [-0.4, -0.2) is 52.7 Å². The van der Waals surface area contributed by atoms with Crippen LogP contribution >= 0.6 is 0 Å². The molecule has 0 amide bonds. The molecule has 1 fully saturated rings. The predicted octanol–water partition coefficient (Wildman–Crippen LogP) is 3.07. The van der Waals surface area contributed by atoms with E-state index in [-0.39, 0.29) is 6.04 Å². The molecule has 3 rings (SSSR count). The number of hydrogen-bond acceptors (Lipinski definition) is 5. The van der Waals surface area contributed by atoms with Gasteiger partial charge in [-0.05, 0) is 12.8 Å². The lowest BCUT2D eigenvalue weighted by atomic mass is 10.1. The van der Waals surface area contributed by atoms with Gasteiger partial charge >= 0.3 is 0 Å². The van der Waals surface area contributed by atoms with E-state index in [0.29, 0.717) is 11.7 Å². The molecule has 0 saturated carbocycles. The summed E-state index contributed by atoms with van der Waals surface area (Å²) in [6, 6.07) is 10.1. The zero-order chi connectivity index (χ0) is 16.2. The van der Waals surface area contributed by atoms with E-state index in [1.54, 1.807) is 0 Å². The van der Waals surface area contributed by atoms with Gasteiger partial charge in [0.15, 0.2) is 0 Å². The van der Waals surface area contributed by atoms with Gasteiger partial charge < -0.3 is 9.42 Å². The minimum absolute atomic E-state index is 0.168. The number of hydrogen-bond donors (Lipinski definition) is 0. The van der Waals surface area contributed by atoms with Crippen molar-refractivity contribution in [1.29, 1.82) is 0 Å². The zero-order valence-corrected chi connectivity index (χ0v) is 14.3. The average molecular weight is 314 g/mol. The Morgan fingerprint density at radius 2 is 1.74 bits per heavy atom. The Bertz CT molecular complexity index is 602. The Morgan fingerprint density at radius 3 is 2.39 bits per heavy atom. The van der Waals surface area contributed by atoms with Crippen molar-refractivity contribution >= 4 is 0 Å². The third-order valence-electron chi connectivity index (χ3n) is 4.41. The number of piperazine rings is 1. The van der Waals surface area contributed by atoms with Crippen LogP contribution in [0.3, 0.4) is 0 Å². The van der Waals surface area contributed by atoms with Crippen LogP contribution in [0, 0.1) is 5.92 Å². The van der Waals surface area contributed by atoms with Gasteiger partial charge in [-0.2, -0.15) is 4.98 Å². The van der Waals surface area contributed by atoms with Crippen molar-refractivity contribution in [3.8, 4) is 11.4 Å². The van der Waals surface area contributed by atoms with Crippen molar-refractivity contribution in [1.82, 2.24) is 19.9 Å². The van der Waals surface area contributed by atoms with Crippen LogP contribution in [0.5, 0.6) is 0 Å². The molecule has 0 aliphatic carbocycles. The van der Waals surface area contributed by atoms with Gasteiger partial charge in [0.05, 0.1) is 6.04 Å². The van der Waals surface area contributed by atoms with Crippen molar-refractivity contribution in [3.63, 3.8) is 0 Å². The summed E-state index contributed by atoms with van der Waals surface area (Å²) in [5.41, 5.74) is 0.997. The van der Waals surface area contributed by atoms with Crippen molar-refractivity contribution in [2.45, 2.75) is 26.8 Å². The van der Waals surface area contributed by atoms with Gasteiger partial charge in [-0.15, -0.1) is 0 Å². The predicted molar refractivity (Wildman–Crippen MR) is 91.0 cm³/mol. The molecule has 0 radical (unpaired) electrons. The molecule has 1 aromatic heterocycles. The van der Waals surface area contributed by atoms with Crippen LogP contribution in [0.25, 0.3) is 11.4 Å². The Kier molecular flexibility index (Phi) is 5.08. The first-order chi connectivity index (χ1) is 11.1. The molecular weight excluding hydrogens is 288 g/mol. The van der Waals surface area contributed by atoms with Crippen LogP contribution in [0.1, 0.15) is 32.7 Å². The van der Waals surface area contributed by atoms with E-state index in [1.165, 1.54) is 6.54 Å². The molecule has 2 aromatic rings. The van der Waals surface area contributed by atoms with Crippen LogP contribution in [0.2, 0.25) is 0 Å². The van der Waals surface area contributed by atoms with Gasteiger partial charge in [-0.1, -0.05) is 49.3 Å². The fourth-order valence-electron chi connectivity index (χ4n) is 3.12. The molecule has 2 heterocycles. The van der Waals surface area contributed by atoms with Gasteiger partial charge in [0.25, 0.3) is 0 Å². The minimum atomic E-state index is 0.168. The number of nitrogens with zero attached hydrogens (tertiary/aromatic N) is 4. The quantitative estimate of drug-likeness (QED) is 0.848. The molecule has 1 aliphatic rings. The summed E-state index contributed by atoms with van der Waals surface area (Å²) >= 11 is 0. The molecule has 1 aliphatic heterocycles. The molecule has 5 heteroatoms. The standard InChI is InChI=1S/C18H26N4O/c1-14(2)13-21-9-11-22(12-10-21)15(3)18-19-17(20-23-18)16-7-5-4-6-8-16/h4-8,14-15H,9-13H2,1-3H3. The molecule has 5 nitrogen and oxygen atoms in total. The minimum Gasteiger partial charge on any atom is -0.337 e. The fraction of sp³-hybridized carbons (Fsp3) is 0.556. The normalized spacial score (nSPS) is 18.4. The molecular formula is C18H26N4O. The van der Waals surface area contributed by atoms with E-state index < -0.39 is 0 Å². The first-order valence-electron chi connectivity index (χ1n) is 8.49. The molecule has 0 N–H and O–H groups in total. The van der Waals surface area contributed by atoms with Gasteiger partial charge in [0.1, 0.15) is 0 Å². The molecule has 1 aromatic carbocycles. The summed E-state index contributed by atoms with van der Waals surface area (Å²) in [6.45, 7) is 12.2. The summed E-state index contributed by atoms with van der Waals surface area (Å²) in [5.74, 6) is 2.11. The van der Waals surface area contributed by atoms with E-state index in [0.717, 1.165) is 37.7 Å². The number of benzene rings is 1. The maximum atomic E-state index is 5.51. The second kappa shape index (κ2) is 7.23. The maximum Gasteiger partial charge on any atom is 0.244 e. The highest BCUT2D eigenvalue weighted by atomic mass is 16.5. The zero-order valence-electron chi connectivity index (χ0n) is 14.3. The van der Waals surface area contributed by atoms with Crippen molar-refractivity contribution < 1.29 is 4.52 Å². The van der Waals surface area contributed by atoms with E-state index in [9.17, 15) is 0 Å². The summed E-state index contributed by atoms with van der Waals surface area (Å²) in [6.07, 6.45) is 0. The first-order valence-corrected chi connectivity index (χ1v) is 8.49. The largest absolute Gasteiger partial charge is 0.337 e. The Balaban J connectivity index is 1.61. The lowest BCUT2D eigenvalue weighted by molar-refractivity contribution is 0.0821. The highest BCUT2D eigenvalue weighted by Crippen LogP contribution is 2.23. The Morgan fingerprint density at radius 1 is 1.04 bits per heavy atom. The van der Waals surface area contributed by atoms with Gasteiger partial charge in [0.2, 0.25) is 11.7 Å². The monoisotopic (exact) mass is 314 g/mol. The molecule has 23 heavy (non-hydrogen) atoms. The maximum absolute atomic E-state index is 5.51. The third-order valence-corrected chi connectivity index (χ3v) is 4.41. The highest BCUT2D eigenvalue weighted by molar-refractivity contribution is 5.53. The van der Waals surface area contributed by atoms with E-state index >= 15 is 0 Å². The third kappa shape index (κ3) is 3.98. The van der Waals surface area contributed by atoms with Gasteiger partial charge in [0, 0.05) is 38.3 Å². The van der Waals surface area contributed by atoms with Gasteiger partial charge in [-0.3, -0.25) is 4.90 Å². The van der Waals surface area contributed by atoms with E-state index in [1.807, 2.05) is 30.3 Å². The summed E-state index contributed by atoms with van der Waals surface area (Å²) in [5, 5.41) is 4.13. The highest BCUT2D eigenvalue weighted by Gasteiger charge is 2.26. The summed E-state index contributed by atoms with van der Waals surface area (Å²) < 4.78 is 5.51. The average Bonchev–Trinajstić information content (AvgIpc) is 3.05. The molecule has 124 valence electrons. The Hall–Kier alpha value is -1.72. The summed E-state index contributed by atoms with van der Waals surface area (Å²) in [7, 11) is 0. The first kappa shape index (κ1) is 16.1. The van der Waals surface area contributed by atoms with Crippen molar-refractivity contribution in [2.24, 2.45) is 5.92 Å². The fourth-order valence-corrected chi connectivity index (χ4v) is 3.12. The molecule has 0 spiro atoms. The van der Waals surface area contributed by atoms with Crippen LogP contribution < -0.4 is 0 Å². The molecule has 1 saturated heterocycles. The van der Waals surface area contributed by atoms with Crippen LogP contribution in [0.4, 0.5) is 0 Å². The smallest absolute Gasteiger partial charge is 0.244 e. The lowest BCUT2D eigenvalue weighted by Gasteiger charge is -2.37. The van der Waals surface area contributed by atoms with Crippen molar-refractivity contribution in [3.05, 3.63) is 36.2 Å². The summed E-state index contributed by atoms with van der Waals surface area (Å²) in [4.78, 5) is 9.56. The molecule has 0 bridgehead atoms. The van der Waals surface area contributed by atoms with Crippen LogP contribution in [-0.2, 0) is 0 Å². The number of aromatic nitrogens is 2. The lowest BCUT2D eigenvalue weighted by Crippen LogP contribution is -2.48. The van der Waals surface area contributed by atoms with E-state index in [4.69, 9.17) is 4.52 Å². The van der Waals surface area contributed by atoms with E-state index in [2.05, 4.69) is 40.7 Å². The Labute approximate surface area is 138 Å². The van der Waals surface area contributed by atoms with Crippen molar-refractivity contribution in [2.75, 3.05) is 32.7 Å². The second-order valence-electron chi connectivity index (χ2n) is 6.73. The van der Waals surface area contributed by atoms with Gasteiger partial charge in [-0.25, -0.2) is 0 Å². The number of rotatable bonds is 5. The molecule has 1 unspecified atom stereocenters. The topological polar surface area (TPSA) is 45.4 Å². The molecule has 1 atom stereocenters.